The Morgan fingerprint density at radius 2 is 2.12 bits per heavy atom. The highest BCUT2D eigenvalue weighted by atomic mass is 79.9. The molecule has 1 heterocycles. The van der Waals surface area contributed by atoms with E-state index in [-0.39, 0.29) is 4.90 Å². The number of nitrogen functional groups attached to an aromatic ring is 1. The van der Waals surface area contributed by atoms with Crippen LogP contribution in [0.4, 0.5) is 11.5 Å². The molecule has 6 nitrogen and oxygen atoms in total. The van der Waals surface area contributed by atoms with Gasteiger partial charge in [-0.05, 0) is 34.1 Å². The molecule has 2 aromatic rings. The Kier molecular flexibility index (Phi) is 3.07. The molecule has 1 aromatic heterocycles. The molecule has 0 bridgehead atoms. The summed E-state index contributed by atoms with van der Waals surface area (Å²) in [7, 11) is -3.64. The zero-order valence-corrected chi connectivity index (χ0v) is 10.9. The molecule has 90 valence electrons. The number of sulfonamides is 1. The summed E-state index contributed by atoms with van der Waals surface area (Å²) in [6, 6.07) is 5.93. The Bertz CT molecular complexity index is 624. The van der Waals surface area contributed by atoms with E-state index in [1.807, 2.05) is 0 Å². The van der Waals surface area contributed by atoms with Gasteiger partial charge >= 0.3 is 0 Å². The summed E-state index contributed by atoms with van der Waals surface area (Å²) in [4.78, 5) is 0.0906. The van der Waals surface area contributed by atoms with Crippen molar-refractivity contribution in [3.8, 4) is 0 Å². The maximum absolute atomic E-state index is 11.9. The van der Waals surface area contributed by atoms with Gasteiger partial charge in [0.05, 0.1) is 11.1 Å². The molecule has 4 N–H and O–H groups in total. The van der Waals surface area contributed by atoms with E-state index in [4.69, 9.17) is 5.73 Å². The topological polar surface area (TPSA) is 101 Å². The minimum Gasteiger partial charge on any atom is -0.398 e. The number of nitrogens with zero attached hydrogens (tertiary/aromatic N) is 1. The van der Waals surface area contributed by atoms with Gasteiger partial charge in [0.15, 0.2) is 0 Å². The maximum atomic E-state index is 11.9. The van der Waals surface area contributed by atoms with Crippen molar-refractivity contribution < 1.29 is 8.42 Å². The van der Waals surface area contributed by atoms with Gasteiger partial charge in [-0.25, -0.2) is 8.42 Å². The number of hydrogen-bond acceptors (Lipinski definition) is 4. The minimum atomic E-state index is -3.64. The maximum Gasteiger partial charge on any atom is 0.263 e. The van der Waals surface area contributed by atoms with E-state index in [9.17, 15) is 8.42 Å². The van der Waals surface area contributed by atoms with Crippen LogP contribution in [0.3, 0.4) is 0 Å². The predicted octanol–water partition coefficient (Wildman–Crippen LogP) is 1.56. The molecule has 0 fully saturated rings. The molecule has 0 aliphatic carbocycles. The van der Waals surface area contributed by atoms with E-state index in [2.05, 4.69) is 30.8 Å². The second-order valence-electron chi connectivity index (χ2n) is 3.26. The second-order valence-corrected chi connectivity index (χ2v) is 5.80. The Morgan fingerprint density at radius 3 is 2.71 bits per heavy atom. The molecule has 0 spiro atoms. The summed E-state index contributed by atoms with van der Waals surface area (Å²) < 4.78 is 26.9. The molecule has 8 heteroatoms. The molecular formula is C9H9BrN4O2S. The number of nitrogens with two attached hydrogens (primary N) is 1. The van der Waals surface area contributed by atoms with E-state index < -0.39 is 10.0 Å². The lowest BCUT2D eigenvalue weighted by Crippen LogP contribution is -2.13. The molecule has 0 saturated carbocycles. The molecular weight excluding hydrogens is 308 g/mol. The molecule has 0 aliphatic heterocycles. The van der Waals surface area contributed by atoms with Crippen molar-refractivity contribution in [3.63, 3.8) is 0 Å². The number of aromatic nitrogens is 2. The number of anilines is 2. The molecule has 17 heavy (non-hydrogen) atoms. The van der Waals surface area contributed by atoms with Crippen molar-refractivity contribution >= 4 is 37.5 Å². The number of halogens is 1. The van der Waals surface area contributed by atoms with Crippen LogP contribution in [0.1, 0.15) is 0 Å². The molecule has 0 radical (unpaired) electrons. The Labute approximate surface area is 106 Å². The zero-order chi connectivity index (χ0) is 12.5. The van der Waals surface area contributed by atoms with Gasteiger partial charge in [0.2, 0.25) is 0 Å². The van der Waals surface area contributed by atoms with Crippen molar-refractivity contribution in [1.82, 2.24) is 10.2 Å². The monoisotopic (exact) mass is 316 g/mol. The van der Waals surface area contributed by atoms with Crippen LogP contribution in [0.5, 0.6) is 0 Å². The third-order valence-corrected chi connectivity index (χ3v) is 4.11. The Balaban J connectivity index is 2.35. The molecule has 0 saturated heterocycles. The minimum absolute atomic E-state index is 0.0906. The first-order chi connectivity index (χ1) is 7.99. The van der Waals surface area contributed by atoms with Crippen LogP contribution in [0.2, 0.25) is 0 Å². The molecule has 0 unspecified atom stereocenters. The van der Waals surface area contributed by atoms with Gasteiger partial charge in [0.25, 0.3) is 10.0 Å². The number of nitrogens with one attached hydrogen (secondary N) is 2. The quantitative estimate of drug-likeness (QED) is 0.748. The third kappa shape index (κ3) is 2.59. The van der Waals surface area contributed by atoms with Crippen LogP contribution in [-0.4, -0.2) is 18.6 Å². The summed E-state index contributed by atoms with van der Waals surface area (Å²) in [5.74, 6) is 0.298. The Hall–Kier alpha value is -1.54. The SMILES string of the molecule is Nc1cc(S(=O)(=O)Nc2ccn[nH]2)ccc1Br. The van der Waals surface area contributed by atoms with Crippen molar-refractivity contribution in [2.45, 2.75) is 4.90 Å². The molecule has 2 rings (SSSR count). The lowest BCUT2D eigenvalue weighted by atomic mass is 10.3. The van der Waals surface area contributed by atoms with E-state index >= 15 is 0 Å². The summed E-state index contributed by atoms with van der Waals surface area (Å²) in [5, 5.41) is 6.16. The summed E-state index contributed by atoms with van der Waals surface area (Å²) >= 11 is 3.20. The highest BCUT2D eigenvalue weighted by Crippen LogP contribution is 2.23. The first-order valence-corrected chi connectivity index (χ1v) is 6.84. The second kappa shape index (κ2) is 4.38. The van der Waals surface area contributed by atoms with E-state index in [1.54, 1.807) is 6.07 Å². The Morgan fingerprint density at radius 1 is 1.35 bits per heavy atom. The summed E-state index contributed by atoms with van der Waals surface area (Å²) in [6.07, 6.45) is 1.45. The zero-order valence-electron chi connectivity index (χ0n) is 8.51. The van der Waals surface area contributed by atoms with Gasteiger partial charge < -0.3 is 5.73 Å². The normalized spacial score (nSPS) is 11.4. The fraction of sp³-hybridized carbons (Fsp3) is 0. The first-order valence-electron chi connectivity index (χ1n) is 4.56. The fourth-order valence-electron chi connectivity index (χ4n) is 1.21. The first kappa shape index (κ1) is 11.9. The van der Waals surface area contributed by atoms with Gasteiger partial charge in [-0.15, -0.1) is 0 Å². The van der Waals surface area contributed by atoms with Gasteiger partial charge in [-0.1, -0.05) is 0 Å². The number of hydrogen-bond donors (Lipinski definition) is 3. The average Bonchev–Trinajstić information content (AvgIpc) is 2.73. The number of H-pyrrole nitrogens is 1. The third-order valence-electron chi connectivity index (χ3n) is 2.02. The van der Waals surface area contributed by atoms with Gasteiger partial charge in [0.1, 0.15) is 5.82 Å². The fourth-order valence-corrected chi connectivity index (χ4v) is 2.50. The van der Waals surface area contributed by atoms with Crippen LogP contribution in [-0.2, 0) is 10.0 Å². The van der Waals surface area contributed by atoms with Gasteiger partial charge in [-0.2, -0.15) is 5.10 Å². The summed E-state index contributed by atoms with van der Waals surface area (Å²) in [6.45, 7) is 0. The van der Waals surface area contributed by atoms with E-state index in [0.717, 1.165) is 0 Å². The molecule has 1 aromatic carbocycles. The number of aromatic amines is 1. The lowest BCUT2D eigenvalue weighted by molar-refractivity contribution is 0.601. The van der Waals surface area contributed by atoms with Crippen molar-refractivity contribution in [2.24, 2.45) is 0 Å². The predicted molar refractivity (Wildman–Crippen MR) is 68.0 cm³/mol. The molecule has 0 amide bonds. The van der Waals surface area contributed by atoms with Crippen LogP contribution in [0, 0.1) is 0 Å². The smallest absolute Gasteiger partial charge is 0.263 e. The van der Waals surface area contributed by atoms with Crippen LogP contribution < -0.4 is 10.5 Å². The number of benzene rings is 1. The number of rotatable bonds is 3. The summed E-state index contributed by atoms with van der Waals surface area (Å²) in [5.41, 5.74) is 5.99. The average molecular weight is 317 g/mol. The van der Waals surface area contributed by atoms with Crippen LogP contribution in [0.15, 0.2) is 39.8 Å². The molecule has 0 atom stereocenters. The van der Waals surface area contributed by atoms with Crippen molar-refractivity contribution in [2.75, 3.05) is 10.5 Å². The van der Waals surface area contributed by atoms with Crippen molar-refractivity contribution in [1.29, 1.82) is 0 Å². The highest BCUT2D eigenvalue weighted by molar-refractivity contribution is 9.10. The lowest BCUT2D eigenvalue weighted by Gasteiger charge is -2.07. The van der Waals surface area contributed by atoms with Crippen molar-refractivity contribution in [3.05, 3.63) is 34.9 Å². The van der Waals surface area contributed by atoms with E-state index in [1.165, 1.54) is 24.4 Å². The largest absolute Gasteiger partial charge is 0.398 e. The van der Waals surface area contributed by atoms with Crippen LogP contribution in [0.25, 0.3) is 0 Å². The van der Waals surface area contributed by atoms with Gasteiger partial charge in [-0.3, -0.25) is 9.82 Å². The molecule has 0 aliphatic rings. The standard InChI is InChI=1S/C9H9BrN4O2S/c10-7-2-1-6(5-8(7)11)17(15,16)14-9-3-4-12-13-9/h1-5H,11H2,(H2,12,13,14). The van der Waals surface area contributed by atoms with E-state index in [0.29, 0.717) is 16.0 Å². The highest BCUT2D eigenvalue weighted by Gasteiger charge is 2.15. The van der Waals surface area contributed by atoms with Crippen LogP contribution >= 0.6 is 15.9 Å². The van der Waals surface area contributed by atoms with Gasteiger partial charge in [0, 0.05) is 16.2 Å².